The SMILES string of the molecule is CC(=O)OC(=O)N1CCNCC1N1CCN(C(=O)c2ccc(Nc3nccn4c(-c5cn(CC(F)F)nc5C(F)(F)F)cnc34)cc2Cl)CC1. The summed E-state index contributed by atoms with van der Waals surface area (Å²) in [6.07, 6.45) is -4.11. The first-order valence-electron chi connectivity index (χ1n) is 15.3. The predicted molar refractivity (Wildman–Crippen MR) is 168 cm³/mol. The lowest BCUT2D eigenvalue weighted by atomic mass is 10.1. The van der Waals surface area contributed by atoms with E-state index in [4.69, 9.17) is 16.3 Å². The minimum atomic E-state index is -4.91. The molecule has 2 fully saturated rings. The van der Waals surface area contributed by atoms with Crippen molar-refractivity contribution >= 4 is 46.7 Å². The van der Waals surface area contributed by atoms with Crippen LogP contribution in [0.2, 0.25) is 5.02 Å². The number of esters is 1. The first kappa shape index (κ1) is 35.0. The molecule has 1 atom stereocenters. The van der Waals surface area contributed by atoms with Crippen molar-refractivity contribution in [1.82, 2.24) is 44.2 Å². The van der Waals surface area contributed by atoms with Gasteiger partial charge in [-0.05, 0) is 18.2 Å². The van der Waals surface area contributed by atoms with Gasteiger partial charge in [-0.25, -0.2) is 23.5 Å². The van der Waals surface area contributed by atoms with Crippen molar-refractivity contribution in [1.29, 1.82) is 0 Å². The van der Waals surface area contributed by atoms with Crippen molar-refractivity contribution in [3.05, 3.63) is 59.3 Å². The molecule has 266 valence electrons. The molecule has 14 nitrogen and oxygen atoms in total. The van der Waals surface area contributed by atoms with E-state index in [1.807, 2.05) is 4.90 Å². The molecule has 2 N–H and O–H groups in total. The lowest BCUT2D eigenvalue weighted by Gasteiger charge is -2.45. The Hall–Kier alpha value is -4.88. The highest BCUT2D eigenvalue weighted by atomic mass is 35.5. The molecule has 1 aromatic carbocycles. The summed E-state index contributed by atoms with van der Waals surface area (Å²) in [4.78, 5) is 50.9. The maximum Gasteiger partial charge on any atom is 0.435 e. The Morgan fingerprint density at radius 2 is 1.88 bits per heavy atom. The Morgan fingerprint density at radius 3 is 2.56 bits per heavy atom. The Kier molecular flexibility index (Phi) is 9.90. The number of rotatable bonds is 7. The molecule has 3 aromatic heterocycles. The van der Waals surface area contributed by atoms with Crippen LogP contribution in [0.5, 0.6) is 0 Å². The number of alkyl halides is 5. The molecule has 2 aliphatic rings. The van der Waals surface area contributed by atoms with Gasteiger partial charge in [-0.15, -0.1) is 0 Å². The van der Waals surface area contributed by atoms with Crippen molar-refractivity contribution in [3.63, 3.8) is 0 Å². The van der Waals surface area contributed by atoms with Crippen LogP contribution in [-0.4, -0.2) is 115 Å². The number of imidazole rings is 1. The maximum atomic E-state index is 13.8. The average molecular weight is 725 g/mol. The second-order valence-electron chi connectivity index (χ2n) is 11.5. The molecule has 4 aromatic rings. The number of carbonyl (C=O) groups is 3. The molecule has 0 bridgehead atoms. The van der Waals surface area contributed by atoms with Gasteiger partial charge in [0.1, 0.15) is 12.7 Å². The van der Waals surface area contributed by atoms with E-state index in [1.54, 1.807) is 11.0 Å². The van der Waals surface area contributed by atoms with E-state index in [0.717, 1.165) is 12.4 Å². The van der Waals surface area contributed by atoms with Crippen LogP contribution in [0, 0.1) is 0 Å². The first-order valence-corrected chi connectivity index (χ1v) is 15.7. The topological polar surface area (TPSA) is 142 Å². The number of benzene rings is 1. The molecule has 20 heteroatoms. The molecular formula is C30H30ClF5N10O4. The highest BCUT2D eigenvalue weighted by Gasteiger charge is 2.39. The van der Waals surface area contributed by atoms with Gasteiger partial charge < -0.3 is 20.3 Å². The van der Waals surface area contributed by atoms with Gasteiger partial charge in [-0.1, -0.05) is 11.6 Å². The third-order valence-electron chi connectivity index (χ3n) is 8.23. The van der Waals surface area contributed by atoms with Gasteiger partial charge in [0.15, 0.2) is 17.2 Å². The molecule has 5 heterocycles. The van der Waals surface area contributed by atoms with E-state index in [-0.39, 0.29) is 39.8 Å². The lowest BCUT2D eigenvalue weighted by Crippen LogP contribution is -2.64. The molecule has 0 radical (unpaired) electrons. The monoisotopic (exact) mass is 724 g/mol. The zero-order chi connectivity index (χ0) is 35.7. The molecule has 6 rings (SSSR count). The standard InChI is InChI=1S/C30H30ClF5N10O4/c1-17(47)50-29(49)46-6-4-37-14-24(46)42-8-10-43(11-9-42)28(48)19-3-2-18(12-21(19)31)40-26-27-39-13-22(45(27)7-5-38-26)20-15-44(16-23(32)33)41-25(20)30(34,35)36/h2-3,5,7,12-13,15,23-24,37H,4,6,8-11,14,16H2,1H3,(H,38,40). The number of anilines is 2. The molecule has 0 spiro atoms. The Balaban J connectivity index is 1.15. The minimum absolute atomic E-state index is 0.0409. The van der Waals surface area contributed by atoms with Crippen molar-refractivity contribution in [2.24, 2.45) is 0 Å². The molecule has 2 saturated heterocycles. The number of ether oxygens (including phenoxy) is 1. The van der Waals surface area contributed by atoms with Crippen molar-refractivity contribution in [2.45, 2.75) is 32.2 Å². The van der Waals surface area contributed by atoms with Crippen LogP contribution >= 0.6 is 11.6 Å². The summed E-state index contributed by atoms with van der Waals surface area (Å²) in [6, 6.07) is 4.63. The second kappa shape index (κ2) is 14.2. The van der Waals surface area contributed by atoms with Crippen LogP contribution in [0.15, 0.2) is 43.0 Å². The van der Waals surface area contributed by atoms with E-state index in [9.17, 15) is 36.3 Å². The zero-order valence-corrected chi connectivity index (χ0v) is 27.1. The number of aromatic nitrogens is 5. The van der Waals surface area contributed by atoms with E-state index in [1.165, 1.54) is 40.8 Å². The number of fused-ring (bicyclic) bond motifs is 1. The van der Waals surface area contributed by atoms with E-state index in [2.05, 4.69) is 25.7 Å². The van der Waals surface area contributed by atoms with Gasteiger partial charge in [0.25, 0.3) is 12.3 Å². The molecule has 2 amide bonds. The highest BCUT2D eigenvalue weighted by Crippen LogP contribution is 2.37. The molecule has 0 aliphatic carbocycles. The van der Waals surface area contributed by atoms with Crippen LogP contribution in [0.4, 0.5) is 38.3 Å². The van der Waals surface area contributed by atoms with Crippen molar-refractivity contribution in [3.8, 4) is 11.3 Å². The molecule has 0 saturated carbocycles. The summed E-state index contributed by atoms with van der Waals surface area (Å²) in [5.74, 6) is -0.845. The fraction of sp³-hybridized carbons (Fsp3) is 0.400. The Labute approximate surface area is 285 Å². The van der Waals surface area contributed by atoms with Gasteiger partial charge in [0.05, 0.1) is 28.0 Å². The van der Waals surface area contributed by atoms with Gasteiger partial charge in [-0.2, -0.15) is 18.3 Å². The van der Waals surface area contributed by atoms with Gasteiger partial charge in [0.2, 0.25) is 0 Å². The summed E-state index contributed by atoms with van der Waals surface area (Å²) in [5, 5.41) is 9.73. The first-order chi connectivity index (χ1) is 23.8. The number of hydrogen-bond donors (Lipinski definition) is 2. The normalized spacial score (nSPS) is 17.4. The van der Waals surface area contributed by atoms with Crippen LogP contribution in [0.25, 0.3) is 16.9 Å². The van der Waals surface area contributed by atoms with E-state index >= 15 is 0 Å². The summed E-state index contributed by atoms with van der Waals surface area (Å²) in [5.41, 5.74) is -1.02. The summed E-state index contributed by atoms with van der Waals surface area (Å²) < 4.78 is 73.8. The minimum Gasteiger partial charge on any atom is -0.376 e. The molecule has 1 unspecified atom stereocenters. The summed E-state index contributed by atoms with van der Waals surface area (Å²) >= 11 is 6.55. The average Bonchev–Trinajstić information content (AvgIpc) is 3.69. The summed E-state index contributed by atoms with van der Waals surface area (Å²) in [6.45, 7) is 3.18. The Bertz CT molecular complexity index is 1910. The fourth-order valence-corrected chi connectivity index (χ4v) is 6.23. The third-order valence-corrected chi connectivity index (χ3v) is 8.54. The van der Waals surface area contributed by atoms with E-state index < -0.39 is 42.5 Å². The largest absolute Gasteiger partial charge is 0.435 e. The number of carbonyl (C=O) groups excluding carboxylic acids is 3. The molecule has 2 aliphatic heterocycles. The summed E-state index contributed by atoms with van der Waals surface area (Å²) in [7, 11) is 0. The highest BCUT2D eigenvalue weighted by molar-refractivity contribution is 6.34. The zero-order valence-electron chi connectivity index (χ0n) is 26.3. The number of halogens is 6. The van der Waals surface area contributed by atoms with Gasteiger partial charge >= 0.3 is 18.2 Å². The number of piperazine rings is 2. The van der Waals surface area contributed by atoms with Crippen LogP contribution in [0.1, 0.15) is 23.0 Å². The van der Waals surface area contributed by atoms with Gasteiger partial charge in [0, 0.05) is 77.0 Å². The van der Waals surface area contributed by atoms with Crippen molar-refractivity contribution < 1.29 is 41.1 Å². The second-order valence-corrected chi connectivity index (χ2v) is 11.9. The van der Waals surface area contributed by atoms with Crippen LogP contribution in [0.3, 0.4) is 0 Å². The fourth-order valence-electron chi connectivity index (χ4n) is 5.97. The number of nitrogens with one attached hydrogen (secondary N) is 2. The number of hydrogen-bond acceptors (Lipinski definition) is 10. The van der Waals surface area contributed by atoms with E-state index in [0.29, 0.717) is 56.2 Å². The number of nitrogens with zero attached hydrogens (tertiary/aromatic N) is 8. The maximum absolute atomic E-state index is 13.8. The van der Waals surface area contributed by atoms with Crippen LogP contribution in [-0.2, 0) is 22.3 Å². The molecule has 50 heavy (non-hydrogen) atoms. The molecular weight excluding hydrogens is 695 g/mol. The lowest BCUT2D eigenvalue weighted by molar-refractivity contribution is -0.141. The van der Waals surface area contributed by atoms with Gasteiger partial charge in [-0.3, -0.25) is 28.5 Å². The Morgan fingerprint density at radius 1 is 1.12 bits per heavy atom. The predicted octanol–water partition coefficient (Wildman–Crippen LogP) is 3.95. The van der Waals surface area contributed by atoms with Crippen molar-refractivity contribution in [2.75, 3.05) is 51.1 Å². The smallest absolute Gasteiger partial charge is 0.376 e. The van der Waals surface area contributed by atoms with Crippen LogP contribution < -0.4 is 10.6 Å². The quantitative estimate of drug-likeness (QED) is 0.164. The number of amides is 2. The third kappa shape index (κ3) is 7.34.